The zero-order chi connectivity index (χ0) is 44.3. The minimum absolute atomic E-state index is 0. The number of benzene rings is 2. The molecular weight excluding hydrogens is 775 g/mol. The molecule has 0 spiro atoms. The lowest BCUT2D eigenvalue weighted by Gasteiger charge is -2.31. The van der Waals surface area contributed by atoms with Gasteiger partial charge in [0.1, 0.15) is 0 Å². The minimum Gasteiger partial charge on any atom is -0.381 e. The molecular formula is C61H100N3. The van der Waals surface area contributed by atoms with Gasteiger partial charge in [-0.1, -0.05) is 209 Å². The highest BCUT2D eigenvalue weighted by molar-refractivity contribution is 5.56. The fourth-order valence-electron chi connectivity index (χ4n) is 12.3. The summed E-state index contributed by atoms with van der Waals surface area (Å²) in [6, 6.07) is 18.6. The van der Waals surface area contributed by atoms with Gasteiger partial charge in [0, 0.05) is 18.7 Å². The van der Waals surface area contributed by atoms with E-state index in [1.807, 2.05) is 13.8 Å². The van der Waals surface area contributed by atoms with E-state index in [1.54, 1.807) is 16.7 Å². The topological polar surface area (TPSA) is 73.0 Å². The maximum Gasteiger partial charge on any atom is 0.0378 e. The highest BCUT2D eigenvalue weighted by atomic mass is 14.9. The van der Waals surface area contributed by atoms with Gasteiger partial charge in [0.15, 0.2) is 0 Å². The van der Waals surface area contributed by atoms with E-state index in [-0.39, 0.29) is 6.15 Å². The summed E-state index contributed by atoms with van der Waals surface area (Å²) in [6.07, 6.45) is 52.3. The monoisotopic (exact) mass is 875 g/mol. The van der Waals surface area contributed by atoms with Gasteiger partial charge in [-0.05, 0) is 153 Å². The lowest BCUT2D eigenvalue weighted by Crippen LogP contribution is -2.16. The zero-order valence-electron chi connectivity index (χ0n) is 42.3. The van der Waals surface area contributed by atoms with Gasteiger partial charge < -0.3 is 17.2 Å². The summed E-state index contributed by atoms with van der Waals surface area (Å²) in [6.45, 7) is 10.6. The molecule has 3 nitrogen and oxygen atoms in total. The van der Waals surface area contributed by atoms with Crippen molar-refractivity contribution in [2.45, 2.75) is 232 Å². The molecule has 64 heavy (non-hydrogen) atoms. The van der Waals surface area contributed by atoms with Gasteiger partial charge in [-0.25, -0.2) is 0 Å². The first-order chi connectivity index (χ1) is 31.1. The molecule has 2 aromatic carbocycles. The molecule has 2 aromatic rings. The van der Waals surface area contributed by atoms with Crippen LogP contribution in [0.1, 0.15) is 248 Å². The molecule has 5 atom stereocenters. The number of unbranched alkanes of at least 4 members (excludes halogenated alkanes) is 1. The number of allylic oxidation sites excluding steroid dienone is 5. The number of hydrogen-bond donors (Lipinski definition) is 3. The molecule has 3 heteroatoms. The van der Waals surface area contributed by atoms with Crippen molar-refractivity contribution in [3.63, 3.8) is 0 Å². The third kappa shape index (κ3) is 18.9. The van der Waals surface area contributed by atoms with E-state index < -0.39 is 0 Å². The Hall–Kier alpha value is -2.62. The van der Waals surface area contributed by atoms with E-state index in [0.29, 0.717) is 11.8 Å². The number of rotatable bonds is 22. The van der Waals surface area contributed by atoms with Gasteiger partial charge in [0.05, 0.1) is 0 Å². The van der Waals surface area contributed by atoms with Gasteiger partial charge in [-0.15, -0.1) is 0 Å². The first kappa shape index (κ1) is 54.0. The second kappa shape index (κ2) is 32.1. The van der Waals surface area contributed by atoms with Gasteiger partial charge in [-0.3, -0.25) is 0 Å². The summed E-state index contributed by atoms with van der Waals surface area (Å²) in [5.41, 5.74) is 15.1. The Morgan fingerprint density at radius 1 is 0.688 bits per heavy atom. The molecule has 0 heterocycles. The fourth-order valence-corrected chi connectivity index (χ4v) is 12.3. The normalized spacial score (nSPS) is 21.8. The van der Waals surface area contributed by atoms with Crippen LogP contribution in [0.5, 0.6) is 0 Å². The van der Waals surface area contributed by atoms with Gasteiger partial charge in [0.25, 0.3) is 0 Å². The van der Waals surface area contributed by atoms with Crippen molar-refractivity contribution >= 4 is 5.69 Å². The summed E-state index contributed by atoms with van der Waals surface area (Å²) < 4.78 is 0. The van der Waals surface area contributed by atoms with Crippen LogP contribution in [0.25, 0.3) is 0 Å². The van der Waals surface area contributed by atoms with Gasteiger partial charge >= 0.3 is 0 Å². The first-order valence-electron chi connectivity index (χ1n) is 27.6. The van der Waals surface area contributed by atoms with Gasteiger partial charge in [0.2, 0.25) is 0 Å². The first-order valence-corrected chi connectivity index (χ1v) is 27.6. The Balaban J connectivity index is 0.000000266. The average molecular weight is 875 g/mol. The maximum absolute atomic E-state index is 5.88. The quantitative estimate of drug-likeness (QED) is 0.0815. The van der Waals surface area contributed by atoms with Crippen molar-refractivity contribution in [1.82, 2.24) is 6.15 Å². The number of anilines is 1. The van der Waals surface area contributed by atoms with E-state index in [1.165, 1.54) is 203 Å². The van der Waals surface area contributed by atoms with E-state index in [2.05, 4.69) is 98.4 Å². The molecule has 5 aliphatic rings. The summed E-state index contributed by atoms with van der Waals surface area (Å²) >= 11 is 0. The highest BCUT2D eigenvalue weighted by Crippen LogP contribution is 2.44. The predicted molar refractivity (Wildman–Crippen MR) is 284 cm³/mol. The van der Waals surface area contributed by atoms with Crippen molar-refractivity contribution in [2.75, 3.05) is 18.4 Å². The van der Waals surface area contributed by atoms with Crippen LogP contribution < -0.4 is 17.2 Å². The molecule has 0 amide bonds. The minimum atomic E-state index is 0. The average Bonchev–Trinajstić information content (AvgIpc) is 3.89. The van der Waals surface area contributed by atoms with Crippen molar-refractivity contribution in [2.24, 2.45) is 29.4 Å². The molecule has 7 rings (SSSR count). The third-order valence-corrected chi connectivity index (χ3v) is 16.2. The van der Waals surface area contributed by atoms with Crippen molar-refractivity contribution in [1.29, 1.82) is 0 Å². The third-order valence-electron chi connectivity index (χ3n) is 16.2. The molecule has 0 aromatic heterocycles. The standard InChI is InChI=1S/C30H36N.C29H55N.C2H6.H3N/c1-3-12-24(13-4-1)26-16-9-17-27(20-26)28-18-19-30(31-22-23-10-7-8-11-23)29(21-28)25-14-5-2-6-15-25;1-3-12-29(23-24-30)25(2)13-10-11-18-28(21-19-26-14-6-4-7-15-26)22-20-27-16-8-5-9-17-27;1-2;/h1,3-4,7-8,10-13,18-19,21,25-27,31H,2,5-6,9,14-17,20,22H2;14,25,27-29H,3-13,15-24,30H2,1-2H3;1-2H3;1H3/t26-,27?;25-,28+,29?;;/m01../s1. The van der Waals surface area contributed by atoms with Crippen molar-refractivity contribution < 1.29 is 0 Å². The Kier molecular flexibility index (Phi) is 27.1. The smallest absolute Gasteiger partial charge is 0.0378 e. The Morgan fingerprint density at radius 3 is 2.09 bits per heavy atom. The Bertz CT molecular complexity index is 1570. The molecule has 3 saturated carbocycles. The summed E-state index contributed by atoms with van der Waals surface area (Å²) in [7, 11) is 0. The molecule has 3 fully saturated rings. The van der Waals surface area contributed by atoms with Crippen LogP contribution in [-0.2, 0) is 0 Å². The van der Waals surface area contributed by atoms with Crippen molar-refractivity contribution in [3.8, 4) is 0 Å². The molecule has 6 N–H and O–H groups in total. The van der Waals surface area contributed by atoms with Crippen LogP contribution in [0.3, 0.4) is 0 Å². The lowest BCUT2D eigenvalue weighted by atomic mass is 9.74. The van der Waals surface area contributed by atoms with Gasteiger partial charge in [-0.2, -0.15) is 0 Å². The molecule has 0 saturated heterocycles. The molecule has 1 radical (unpaired) electrons. The Morgan fingerprint density at radius 2 is 1.41 bits per heavy atom. The van der Waals surface area contributed by atoms with E-state index in [4.69, 9.17) is 5.73 Å². The van der Waals surface area contributed by atoms with E-state index >= 15 is 0 Å². The predicted octanol–water partition coefficient (Wildman–Crippen LogP) is 18.7. The summed E-state index contributed by atoms with van der Waals surface area (Å²) in [4.78, 5) is 0. The van der Waals surface area contributed by atoms with Crippen molar-refractivity contribution in [3.05, 3.63) is 107 Å². The second-order valence-electron chi connectivity index (χ2n) is 20.8. The SMILES string of the molecule is CC.CCCC(CCN)[C@H](C)CCCC[C@@H](CCC1=CCCCC1)CCC1CCCCC1.N.[CH]1C=CC=C1CNc1ccc(C2CCC[C@H](c3ccccc3)C2)cc1C1CCCCC1. The number of nitrogens with one attached hydrogen (secondary N) is 1. The summed E-state index contributed by atoms with van der Waals surface area (Å²) in [5.74, 6) is 5.91. The number of nitrogens with two attached hydrogens (primary N) is 1. The van der Waals surface area contributed by atoms with Crippen LogP contribution in [0, 0.1) is 30.1 Å². The zero-order valence-corrected chi connectivity index (χ0v) is 42.3. The van der Waals surface area contributed by atoms with E-state index in [9.17, 15) is 0 Å². The molecule has 2 unspecified atom stereocenters. The van der Waals surface area contributed by atoms with Crippen LogP contribution >= 0.6 is 0 Å². The molecule has 0 bridgehead atoms. The van der Waals surface area contributed by atoms with Crippen LogP contribution in [0.2, 0.25) is 0 Å². The summed E-state index contributed by atoms with van der Waals surface area (Å²) in [5, 5.41) is 3.78. The Labute approximate surface area is 396 Å². The second-order valence-corrected chi connectivity index (χ2v) is 20.8. The van der Waals surface area contributed by atoms with Crippen LogP contribution in [0.4, 0.5) is 5.69 Å². The van der Waals surface area contributed by atoms with Crippen LogP contribution in [0.15, 0.2) is 84.0 Å². The lowest BCUT2D eigenvalue weighted by molar-refractivity contribution is 0.276. The largest absolute Gasteiger partial charge is 0.381 e. The van der Waals surface area contributed by atoms with E-state index in [0.717, 1.165) is 42.7 Å². The number of hydrogen-bond acceptors (Lipinski definition) is 3. The molecule has 5 aliphatic carbocycles. The molecule has 0 aliphatic heterocycles. The molecule has 359 valence electrons. The van der Waals surface area contributed by atoms with Crippen LogP contribution in [-0.4, -0.2) is 13.1 Å². The highest BCUT2D eigenvalue weighted by Gasteiger charge is 2.27. The fraction of sp³-hybridized carbons (Fsp3) is 0.689. The maximum atomic E-state index is 5.88.